The molecule has 0 aromatic heterocycles. The standard InChI is InChI=1S/C19H17NO2Se/c1-20(2)16-12-6-10-14-11-7-13-17(18(14)16)23-22-19(21)15-8-4-3-5-9-15/h3-13H,1-2H3. The van der Waals surface area contributed by atoms with E-state index in [9.17, 15) is 4.79 Å². The van der Waals surface area contributed by atoms with Gasteiger partial charge in [-0.1, -0.05) is 0 Å². The molecule has 0 fully saturated rings. The van der Waals surface area contributed by atoms with Crippen molar-refractivity contribution >= 4 is 42.2 Å². The van der Waals surface area contributed by atoms with Crippen LogP contribution in [0.3, 0.4) is 0 Å². The Morgan fingerprint density at radius 1 is 0.913 bits per heavy atom. The number of nitrogens with zero attached hydrogens (tertiary/aromatic N) is 1. The summed E-state index contributed by atoms with van der Waals surface area (Å²) in [4.78, 5) is 14.2. The Hall–Kier alpha value is -2.29. The molecule has 0 unspecified atom stereocenters. The molecule has 0 spiro atoms. The van der Waals surface area contributed by atoms with Gasteiger partial charge in [0.1, 0.15) is 0 Å². The van der Waals surface area contributed by atoms with Gasteiger partial charge in [0.25, 0.3) is 0 Å². The molecule has 23 heavy (non-hydrogen) atoms. The molecule has 0 N–H and O–H groups in total. The quantitative estimate of drug-likeness (QED) is 0.662. The summed E-state index contributed by atoms with van der Waals surface area (Å²) < 4.78 is 6.63. The summed E-state index contributed by atoms with van der Waals surface area (Å²) in [6.07, 6.45) is 0. The number of rotatable bonds is 4. The van der Waals surface area contributed by atoms with Gasteiger partial charge in [-0.25, -0.2) is 0 Å². The van der Waals surface area contributed by atoms with E-state index in [-0.39, 0.29) is 21.3 Å². The molecule has 0 atom stereocenters. The average Bonchev–Trinajstić information content (AvgIpc) is 2.59. The Morgan fingerprint density at radius 3 is 2.30 bits per heavy atom. The van der Waals surface area contributed by atoms with Gasteiger partial charge < -0.3 is 0 Å². The molecule has 0 radical (unpaired) electrons. The van der Waals surface area contributed by atoms with Crippen LogP contribution in [0.5, 0.6) is 0 Å². The van der Waals surface area contributed by atoms with Crippen molar-refractivity contribution in [3.8, 4) is 0 Å². The molecule has 0 aliphatic heterocycles. The minimum atomic E-state index is -0.376. The Bertz CT molecular complexity index is 826. The van der Waals surface area contributed by atoms with Gasteiger partial charge >= 0.3 is 142 Å². The van der Waals surface area contributed by atoms with Crippen LogP contribution < -0.4 is 9.36 Å². The van der Waals surface area contributed by atoms with Crippen molar-refractivity contribution in [3.05, 3.63) is 72.3 Å². The molecule has 3 nitrogen and oxygen atoms in total. The Balaban J connectivity index is 1.90. The first kappa shape index (κ1) is 15.6. The molecule has 4 heteroatoms. The van der Waals surface area contributed by atoms with E-state index >= 15 is 0 Å². The van der Waals surface area contributed by atoms with Crippen molar-refractivity contribution in [2.45, 2.75) is 0 Å². The third kappa shape index (κ3) is 3.39. The molecule has 0 amide bonds. The van der Waals surface area contributed by atoms with Crippen molar-refractivity contribution in [2.24, 2.45) is 0 Å². The first-order chi connectivity index (χ1) is 11.2. The van der Waals surface area contributed by atoms with Gasteiger partial charge in [0.15, 0.2) is 0 Å². The van der Waals surface area contributed by atoms with Gasteiger partial charge in [0, 0.05) is 0 Å². The van der Waals surface area contributed by atoms with Gasteiger partial charge in [-0.2, -0.15) is 0 Å². The summed E-state index contributed by atoms with van der Waals surface area (Å²) in [7, 11) is 4.04. The number of carbonyl (C=O) groups excluding carboxylic acids is 1. The number of benzene rings is 3. The van der Waals surface area contributed by atoms with Crippen LogP contribution in [0.1, 0.15) is 10.4 Å². The summed E-state index contributed by atoms with van der Waals surface area (Å²) in [5, 5.41) is 2.31. The second-order valence-corrected chi connectivity index (χ2v) is 6.97. The molecular weight excluding hydrogens is 353 g/mol. The van der Waals surface area contributed by atoms with Crippen molar-refractivity contribution < 1.29 is 8.61 Å². The topological polar surface area (TPSA) is 29.5 Å². The molecule has 0 saturated carbocycles. The van der Waals surface area contributed by atoms with Gasteiger partial charge in [-0.3, -0.25) is 0 Å². The van der Waals surface area contributed by atoms with E-state index in [4.69, 9.17) is 3.82 Å². The fourth-order valence-electron chi connectivity index (χ4n) is 2.43. The van der Waals surface area contributed by atoms with Crippen LogP contribution in [0.15, 0.2) is 66.7 Å². The van der Waals surface area contributed by atoms with E-state index in [1.54, 1.807) is 12.1 Å². The van der Waals surface area contributed by atoms with E-state index < -0.39 is 0 Å². The first-order valence-electron chi connectivity index (χ1n) is 7.30. The molecule has 0 heterocycles. The number of anilines is 1. The van der Waals surface area contributed by atoms with Gasteiger partial charge in [0.2, 0.25) is 0 Å². The molecular formula is C19H17NO2Se. The van der Waals surface area contributed by atoms with E-state index in [1.165, 1.54) is 0 Å². The Kier molecular flexibility index (Phi) is 4.65. The van der Waals surface area contributed by atoms with Crippen molar-refractivity contribution in [1.82, 2.24) is 0 Å². The number of hydrogen-bond donors (Lipinski definition) is 0. The van der Waals surface area contributed by atoms with Crippen LogP contribution >= 0.6 is 0 Å². The summed E-state index contributed by atoms with van der Waals surface area (Å²) in [6, 6.07) is 21.4. The molecule has 0 bridgehead atoms. The summed E-state index contributed by atoms with van der Waals surface area (Å²) in [5.41, 5.74) is 1.72. The SMILES string of the molecule is CN(C)c1cccc2cccc([Se]OC(=O)c3ccccc3)c12. The van der Waals surface area contributed by atoms with E-state index in [2.05, 4.69) is 23.1 Å². The maximum atomic E-state index is 12.2. The van der Waals surface area contributed by atoms with Crippen LogP contribution in [0.2, 0.25) is 0 Å². The van der Waals surface area contributed by atoms with Crippen molar-refractivity contribution in [2.75, 3.05) is 19.0 Å². The van der Waals surface area contributed by atoms with Crippen molar-refractivity contribution in [1.29, 1.82) is 0 Å². The zero-order valence-corrected chi connectivity index (χ0v) is 14.7. The molecule has 0 aliphatic carbocycles. The normalized spacial score (nSPS) is 10.5. The summed E-state index contributed by atoms with van der Waals surface area (Å²) in [6.45, 7) is 0. The molecule has 116 valence electrons. The molecule has 3 aromatic rings. The van der Waals surface area contributed by atoms with Gasteiger partial charge in [-0.15, -0.1) is 0 Å². The van der Waals surface area contributed by atoms with Crippen LogP contribution in [-0.2, 0) is 3.82 Å². The number of hydrogen-bond acceptors (Lipinski definition) is 3. The fraction of sp³-hybridized carbons (Fsp3) is 0.105. The Labute approximate surface area is 142 Å². The van der Waals surface area contributed by atoms with Gasteiger partial charge in [-0.05, 0) is 0 Å². The van der Waals surface area contributed by atoms with E-state index in [1.807, 2.05) is 50.5 Å². The fourth-order valence-corrected chi connectivity index (χ4v) is 3.91. The third-order valence-corrected chi connectivity index (χ3v) is 5.13. The summed E-state index contributed by atoms with van der Waals surface area (Å²) >= 11 is -0.376. The zero-order chi connectivity index (χ0) is 16.2. The first-order valence-corrected chi connectivity index (χ1v) is 8.85. The number of carbonyl (C=O) groups is 1. The monoisotopic (exact) mass is 371 g/mol. The van der Waals surface area contributed by atoms with Crippen LogP contribution in [0.25, 0.3) is 10.8 Å². The molecule has 0 aliphatic rings. The average molecular weight is 370 g/mol. The van der Waals surface area contributed by atoms with Crippen LogP contribution in [-0.4, -0.2) is 35.4 Å². The minimum absolute atomic E-state index is 0.273. The maximum absolute atomic E-state index is 12.2. The summed E-state index contributed by atoms with van der Waals surface area (Å²) in [5.74, 6) is -0.273. The second-order valence-electron chi connectivity index (χ2n) is 5.35. The zero-order valence-electron chi connectivity index (χ0n) is 13.0. The van der Waals surface area contributed by atoms with E-state index in [0.717, 1.165) is 20.9 Å². The Morgan fingerprint density at radius 2 is 1.61 bits per heavy atom. The van der Waals surface area contributed by atoms with Crippen LogP contribution in [0.4, 0.5) is 5.69 Å². The van der Waals surface area contributed by atoms with Crippen LogP contribution in [0, 0.1) is 0 Å². The predicted molar refractivity (Wildman–Crippen MR) is 95.5 cm³/mol. The molecule has 0 saturated heterocycles. The van der Waals surface area contributed by atoms with E-state index in [0.29, 0.717) is 5.56 Å². The number of fused-ring (bicyclic) bond motifs is 1. The molecule has 3 rings (SSSR count). The second kappa shape index (κ2) is 6.86. The third-order valence-electron chi connectivity index (χ3n) is 3.54. The van der Waals surface area contributed by atoms with Crippen molar-refractivity contribution in [3.63, 3.8) is 0 Å². The molecule has 3 aromatic carbocycles. The predicted octanol–water partition coefficient (Wildman–Crippen LogP) is 3.01. The van der Waals surface area contributed by atoms with Gasteiger partial charge in [0.05, 0.1) is 0 Å².